The lowest BCUT2D eigenvalue weighted by atomic mass is 10.1. The molecule has 2 aromatic heterocycles. The highest BCUT2D eigenvalue weighted by Crippen LogP contribution is 2.28. The van der Waals surface area contributed by atoms with Crippen molar-refractivity contribution < 1.29 is 0 Å². The molecule has 0 fully saturated rings. The number of nitrogens with two attached hydrogens (primary N) is 1. The van der Waals surface area contributed by atoms with Crippen LogP contribution >= 0.6 is 0 Å². The Hall–Kier alpha value is -2.43. The lowest BCUT2D eigenvalue weighted by Gasteiger charge is -2.09. The van der Waals surface area contributed by atoms with Crippen LogP contribution in [0.25, 0.3) is 16.9 Å². The Morgan fingerprint density at radius 1 is 1.06 bits per heavy atom. The minimum absolute atomic E-state index is 0.544. The average Bonchev–Trinajstić information content (AvgIpc) is 2.71. The van der Waals surface area contributed by atoms with Gasteiger partial charge in [-0.15, -0.1) is 5.10 Å². The van der Waals surface area contributed by atoms with Gasteiger partial charge in [0.25, 0.3) is 5.78 Å². The highest BCUT2D eigenvalue weighted by atomic mass is 15.3. The van der Waals surface area contributed by atoms with Gasteiger partial charge in [0.2, 0.25) is 0 Å². The molecule has 0 aliphatic carbocycles. The van der Waals surface area contributed by atoms with Crippen LogP contribution in [0.1, 0.15) is 11.5 Å². The number of rotatable bonds is 1. The fraction of sp³-hybridized carbons (Fsp3) is 0.154. The maximum Gasteiger partial charge on any atom is 0.254 e. The second-order valence-corrected chi connectivity index (χ2v) is 4.19. The van der Waals surface area contributed by atoms with Crippen LogP contribution in [0.5, 0.6) is 0 Å². The molecule has 2 N–H and O–H groups in total. The summed E-state index contributed by atoms with van der Waals surface area (Å²) in [5, 5.41) is 4.26. The molecule has 3 rings (SSSR count). The lowest BCUT2D eigenvalue weighted by Crippen LogP contribution is -2.05. The van der Waals surface area contributed by atoms with Crippen molar-refractivity contribution in [2.24, 2.45) is 0 Å². The Labute approximate surface area is 104 Å². The van der Waals surface area contributed by atoms with Crippen molar-refractivity contribution in [2.45, 2.75) is 13.8 Å². The minimum atomic E-state index is 0.544. The molecule has 0 saturated heterocycles. The lowest BCUT2D eigenvalue weighted by molar-refractivity contribution is 0.923. The van der Waals surface area contributed by atoms with Crippen LogP contribution in [0.4, 0.5) is 5.82 Å². The van der Waals surface area contributed by atoms with E-state index in [2.05, 4.69) is 15.1 Å². The Kier molecular flexibility index (Phi) is 2.26. The number of hydrogen-bond acceptors (Lipinski definition) is 4. The Bertz CT molecular complexity index is 715. The van der Waals surface area contributed by atoms with E-state index >= 15 is 0 Å². The first-order valence-electron chi connectivity index (χ1n) is 5.71. The number of nitrogen functional groups attached to an aromatic ring is 1. The van der Waals surface area contributed by atoms with Crippen LogP contribution in [0.15, 0.2) is 30.3 Å². The molecule has 0 aliphatic rings. The van der Waals surface area contributed by atoms with Crippen LogP contribution in [0.3, 0.4) is 0 Å². The third kappa shape index (κ3) is 1.52. The fourth-order valence-corrected chi connectivity index (χ4v) is 2.10. The van der Waals surface area contributed by atoms with Crippen molar-refractivity contribution in [1.29, 1.82) is 0 Å². The predicted molar refractivity (Wildman–Crippen MR) is 70.1 cm³/mol. The molecule has 0 unspecified atom stereocenters. The molecule has 0 radical (unpaired) electrons. The van der Waals surface area contributed by atoms with Crippen molar-refractivity contribution in [3.05, 3.63) is 41.9 Å². The molecule has 18 heavy (non-hydrogen) atoms. The highest BCUT2D eigenvalue weighted by Gasteiger charge is 2.14. The smallest absolute Gasteiger partial charge is 0.254 e. The number of anilines is 1. The second kappa shape index (κ2) is 3.80. The Balaban J connectivity index is 2.36. The Morgan fingerprint density at radius 3 is 2.50 bits per heavy atom. The first kappa shape index (κ1) is 10.7. The second-order valence-electron chi connectivity index (χ2n) is 4.19. The van der Waals surface area contributed by atoms with E-state index in [9.17, 15) is 0 Å². The molecular formula is C13H13N5. The topological polar surface area (TPSA) is 69.1 Å². The van der Waals surface area contributed by atoms with E-state index in [1.54, 1.807) is 4.52 Å². The van der Waals surface area contributed by atoms with Crippen molar-refractivity contribution in [3.63, 3.8) is 0 Å². The molecule has 5 heteroatoms. The molecule has 0 aliphatic heterocycles. The van der Waals surface area contributed by atoms with Crippen LogP contribution in [-0.2, 0) is 0 Å². The van der Waals surface area contributed by atoms with Gasteiger partial charge in [-0.25, -0.2) is 4.98 Å². The first-order valence-corrected chi connectivity index (χ1v) is 5.71. The average molecular weight is 239 g/mol. The summed E-state index contributed by atoms with van der Waals surface area (Å²) in [5.41, 5.74) is 8.99. The van der Waals surface area contributed by atoms with E-state index in [1.807, 2.05) is 44.2 Å². The molecule has 0 spiro atoms. The van der Waals surface area contributed by atoms with E-state index in [-0.39, 0.29) is 0 Å². The number of aryl methyl sites for hydroxylation is 2. The SMILES string of the molecule is Cc1nc2nc(C)c(-c3ccccc3)c(N)n2n1. The molecule has 0 atom stereocenters. The van der Waals surface area contributed by atoms with E-state index in [0.717, 1.165) is 16.8 Å². The highest BCUT2D eigenvalue weighted by molar-refractivity contribution is 5.77. The third-order valence-corrected chi connectivity index (χ3v) is 2.87. The molecule has 2 heterocycles. The molecular weight excluding hydrogens is 226 g/mol. The van der Waals surface area contributed by atoms with Crippen LogP contribution < -0.4 is 5.73 Å². The van der Waals surface area contributed by atoms with E-state index in [4.69, 9.17) is 5.73 Å². The summed E-state index contributed by atoms with van der Waals surface area (Å²) < 4.78 is 1.59. The van der Waals surface area contributed by atoms with E-state index in [1.165, 1.54) is 0 Å². The van der Waals surface area contributed by atoms with Crippen molar-refractivity contribution in [2.75, 3.05) is 5.73 Å². The fourth-order valence-electron chi connectivity index (χ4n) is 2.10. The monoisotopic (exact) mass is 239 g/mol. The number of benzene rings is 1. The zero-order valence-electron chi connectivity index (χ0n) is 10.3. The van der Waals surface area contributed by atoms with E-state index < -0.39 is 0 Å². The standard InChI is InChI=1S/C13H13N5/c1-8-11(10-6-4-3-5-7-10)12(14)18-13(15-8)16-9(2)17-18/h3-7H,14H2,1-2H3. The van der Waals surface area contributed by atoms with Crippen molar-refractivity contribution in [1.82, 2.24) is 19.6 Å². The number of aromatic nitrogens is 4. The Morgan fingerprint density at radius 2 is 1.78 bits per heavy atom. The molecule has 90 valence electrons. The van der Waals surface area contributed by atoms with Gasteiger partial charge in [-0.05, 0) is 19.4 Å². The number of fused-ring (bicyclic) bond motifs is 1. The zero-order chi connectivity index (χ0) is 12.7. The zero-order valence-corrected chi connectivity index (χ0v) is 10.3. The summed E-state index contributed by atoms with van der Waals surface area (Å²) in [4.78, 5) is 8.67. The van der Waals surface area contributed by atoms with Gasteiger partial charge in [-0.2, -0.15) is 9.50 Å². The van der Waals surface area contributed by atoms with Crippen LogP contribution in [0, 0.1) is 13.8 Å². The number of nitrogens with zero attached hydrogens (tertiary/aromatic N) is 4. The summed E-state index contributed by atoms with van der Waals surface area (Å²) >= 11 is 0. The summed E-state index contributed by atoms with van der Waals surface area (Å²) in [6, 6.07) is 9.95. The maximum absolute atomic E-state index is 6.19. The van der Waals surface area contributed by atoms with Gasteiger partial charge in [0.1, 0.15) is 11.6 Å². The normalized spacial score (nSPS) is 11.0. The summed E-state index contributed by atoms with van der Waals surface area (Å²) in [7, 11) is 0. The van der Waals surface area contributed by atoms with Gasteiger partial charge >= 0.3 is 0 Å². The van der Waals surface area contributed by atoms with Crippen LogP contribution in [-0.4, -0.2) is 19.6 Å². The van der Waals surface area contributed by atoms with Gasteiger partial charge in [0.15, 0.2) is 0 Å². The third-order valence-electron chi connectivity index (χ3n) is 2.87. The number of hydrogen-bond donors (Lipinski definition) is 1. The van der Waals surface area contributed by atoms with Gasteiger partial charge in [0.05, 0.1) is 5.69 Å². The van der Waals surface area contributed by atoms with Crippen LogP contribution in [0.2, 0.25) is 0 Å². The van der Waals surface area contributed by atoms with E-state index in [0.29, 0.717) is 17.4 Å². The maximum atomic E-state index is 6.19. The molecule has 0 amide bonds. The molecule has 1 aromatic carbocycles. The summed E-state index contributed by atoms with van der Waals surface area (Å²) in [5.74, 6) is 1.78. The molecule has 5 nitrogen and oxygen atoms in total. The largest absolute Gasteiger partial charge is 0.383 e. The first-order chi connectivity index (χ1) is 8.66. The van der Waals surface area contributed by atoms with Gasteiger partial charge in [-0.1, -0.05) is 30.3 Å². The molecule has 3 aromatic rings. The molecule has 0 bridgehead atoms. The minimum Gasteiger partial charge on any atom is -0.383 e. The summed E-state index contributed by atoms with van der Waals surface area (Å²) in [6.45, 7) is 3.76. The van der Waals surface area contributed by atoms with Crippen molar-refractivity contribution >= 4 is 11.6 Å². The molecule has 0 saturated carbocycles. The summed E-state index contributed by atoms with van der Waals surface area (Å²) in [6.07, 6.45) is 0. The van der Waals surface area contributed by atoms with Gasteiger partial charge < -0.3 is 5.73 Å². The van der Waals surface area contributed by atoms with Gasteiger partial charge in [0, 0.05) is 5.56 Å². The predicted octanol–water partition coefficient (Wildman–Crippen LogP) is 1.99. The van der Waals surface area contributed by atoms with Crippen molar-refractivity contribution in [3.8, 4) is 11.1 Å². The van der Waals surface area contributed by atoms with Gasteiger partial charge in [-0.3, -0.25) is 0 Å². The quantitative estimate of drug-likeness (QED) is 0.705.